The van der Waals surface area contributed by atoms with E-state index in [0.717, 1.165) is 5.56 Å². The number of fused-ring (bicyclic) bond motifs is 4. The maximum absolute atomic E-state index is 16.0. The third-order valence-electron chi connectivity index (χ3n) is 12.5. The van der Waals surface area contributed by atoms with Gasteiger partial charge in [-0.3, -0.25) is 14.5 Å². The predicted molar refractivity (Wildman–Crippen MR) is 233 cm³/mol. The molecule has 3 aromatic carbocycles. The predicted octanol–water partition coefficient (Wildman–Crippen LogP) is 9.91. The molecule has 14 nitrogen and oxygen atoms in total. The normalized spacial score (nSPS) is 23.3. The van der Waals surface area contributed by atoms with Crippen molar-refractivity contribution in [1.82, 2.24) is 10.1 Å². The smallest absolute Gasteiger partial charge is 0.508 e. The van der Waals surface area contributed by atoms with Crippen molar-refractivity contribution >= 4 is 32.2 Å². The summed E-state index contributed by atoms with van der Waals surface area (Å²) in [6.07, 6.45) is -3.49. The summed E-state index contributed by atoms with van der Waals surface area (Å²) in [6, 6.07) is 22.2. The minimum atomic E-state index is -3.19. The van der Waals surface area contributed by atoms with Crippen LogP contribution in [0, 0.1) is 11.8 Å². The molecule has 3 aliphatic rings. The quantitative estimate of drug-likeness (QED) is 0.0906. The van der Waals surface area contributed by atoms with Gasteiger partial charge in [0, 0.05) is 11.5 Å². The number of ether oxygens (including phenoxy) is 5. The zero-order chi connectivity index (χ0) is 45.8. The maximum atomic E-state index is 16.0. The second kappa shape index (κ2) is 16.7. The van der Waals surface area contributed by atoms with Gasteiger partial charge in [0.15, 0.2) is 25.5 Å². The Balaban J connectivity index is 1.48. The molecule has 7 rings (SSSR count). The topological polar surface area (TPSA) is 173 Å². The van der Waals surface area contributed by atoms with Gasteiger partial charge < -0.3 is 37.7 Å². The van der Waals surface area contributed by atoms with Crippen LogP contribution < -0.4 is 9.47 Å². The summed E-state index contributed by atoms with van der Waals surface area (Å²) in [5, 5.41) is 17.0. The summed E-state index contributed by atoms with van der Waals surface area (Å²) in [7, 11) is 0.336. The highest BCUT2D eigenvalue weighted by atomic mass is 28.4. The second-order valence-electron chi connectivity index (χ2n) is 19.2. The standard InChI is InChI=1S/C48H56N2O12Si/c1-27-30-23-18-24-31(58-45(55)60-46(2,3)4)33(30)38(51)34-32(27)39(59-44(54)57-26-29-21-16-13-17-22-29)36-37(50(8)9)40-35(43(49-61-40)56-25-28-19-14-12-15-20-28)42(53)48(36,41(34)52)62-63(10,11)47(5,6)7/h12-24,27,32,36-37,39,52H,25-26H2,1-11H3/t27-,32+,36+,37-,39-,48-/m0/s1. The van der Waals surface area contributed by atoms with Crippen LogP contribution >= 0.6 is 0 Å². The molecule has 0 unspecified atom stereocenters. The molecule has 0 saturated heterocycles. The van der Waals surface area contributed by atoms with E-state index in [1.54, 1.807) is 64.0 Å². The van der Waals surface area contributed by atoms with Crippen LogP contribution in [0.5, 0.6) is 11.6 Å². The first kappa shape index (κ1) is 45.3. The Hall–Kier alpha value is -5.77. The number of nitrogens with zero attached hydrogens (tertiary/aromatic N) is 2. The Kier molecular flexibility index (Phi) is 12.0. The fraction of sp³-hybridized carbons (Fsp3) is 0.438. The van der Waals surface area contributed by atoms with Crippen LogP contribution in [0.3, 0.4) is 0 Å². The molecule has 63 heavy (non-hydrogen) atoms. The summed E-state index contributed by atoms with van der Waals surface area (Å²) in [6.45, 7) is 16.6. The molecule has 1 heterocycles. The van der Waals surface area contributed by atoms with Crippen LogP contribution in [-0.2, 0) is 31.9 Å². The molecular weight excluding hydrogens is 825 g/mol. The average molecular weight is 881 g/mol. The number of aliphatic hydroxyl groups excluding tert-OH is 1. The number of rotatable bonds is 10. The van der Waals surface area contributed by atoms with E-state index in [0.29, 0.717) is 11.1 Å². The highest BCUT2D eigenvalue weighted by molar-refractivity contribution is 6.74. The molecular formula is C48H56N2O12Si. The van der Waals surface area contributed by atoms with Crippen LogP contribution in [0.2, 0.25) is 18.1 Å². The van der Waals surface area contributed by atoms with Crippen LogP contribution in [0.1, 0.15) is 104 Å². The van der Waals surface area contributed by atoms with Crippen molar-refractivity contribution in [1.29, 1.82) is 0 Å². The largest absolute Gasteiger partial charge is 0.514 e. The van der Waals surface area contributed by atoms with Gasteiger partial charge in [0.2, 0.25) is 5.78 Å². The fourth-order valence-electron chi connectivity index (χ4n) is 8.69. The Bertz CT molecular complexity index is 2430. The van der Waals surface area contributed by atoms with Crippen molar-refractivity contribution in [3.8, 4) is 11.6 Å². The summed E-state index contributed by atoms with van der Waals surface area (Å²) in [4.78, 5) is 60.4. The number of ketones is 2. The molecule has 0 fully saturated rings. The van der Waals surface area contributed by atoms with E-state index in [1.165, 1.54) is 6.07 Å². The van der Waals surface area contributed by atoms with Gasteiger partial charge in [-0.1, -0.05) is 100 Å². The number of Topliss-reactive ketones (excluding diaryl/α,β-unsaturated/α-hetero) is 2. The molecule has 0 bridgehead atoms. The zero-order valence-electron chi connectivity index (χ0n) is 37.6. The lowest BCUT2D eigenvalue weighted by molar-refractivity contribution is -0.120. The first-order chi connectivity index (χ1) is 29.6. The summed E-state index contributed by atoms with van der Waals surface area (Å²) >= 11 is 0. The van der Waals surface area contributed by atoms with E-state index in [9.17, 15) is 14.7 Å². The monoisotopic (exact) mass is 880 g/mol. The van der Waals surface area contributed by atoms with Gasteiger partial charge in [-0.05, 0) is 86.8 Å². The minimum absolute atomic E-state index is 0.0232. The number of aliphatic hydroxyl groups is 1. The number of carbonyl (C=O) groups is 4. The van der Waals surface area contributed by atoms with Crippen LogP contribution in [-0.4, -0.2) is 78.8 Å². The SMILES string of the molecule is C[C@H]1c2cccc(OC(=O)OC(C)(C)C)c2C(=O)C2=C(O)[C@]3(O[Si](C)(C)C(C)(C)C)C(=O)c4c(OCc5ccccc5)noc4[C@@H](N(C)C)[C@@H]3[C@@H](OC(=O)OCc3ccccc3)[C@@H]21. The zero-order valence-corrected chi connectivity index (χ0v) is 38.6. The minimum Gasteiger partial charge on any atom is -0.508 e. The first-order valence-electron chi connectivity index (χ1n) is 21.0. The molecule has 334 valence electrons. The van der Waals surface area contributed by atoms with E-state index in [1.807, 2.05) is 89.3 Å². The van der Waals surface area contributed by atoms with Crippen molar-refractivity contribution in [3.63, 3.8) is 0 Å². The summed E-state index contributed by atoms with van der Waals surface area (Å²) in [5.41, 5.74) is -1.68. The lowest BCUT2D eigenvalue weighted by Crippen LogP contribution is -2.69. The molecule has 0 spiro atoms. The van der Waals surface area contributed by atoms with E-state index < -0.39 is 84.1 Å². The molecule has 0 amide bonds. The van der Waals surface area contributed by atoms with Crippen molar-refractivity contribution in [2.24, 2.45) is 11.8 Å². The molecule has 1 aromatic heterocycles. The van der Waals surface area contributed by atoms with Crippen molar-refractivity contribution in [2.45, 2.75) is 109 Å². The lowest BCUT2D eigenvalue weighted by Gasteiger charge is -2.57. The number of hydrogen-bond donors (Lipinski definition) is 1. The Morgan fingerprint density at radius 3 is 2.06 bits per heavy atom. The van der Waals surface area contributed by atoms with Crippen LogP contribution in [0.4, 0.5) is 9.59 Å². The van der Waals surface area contributed by atoms with Crippen LogP contribution in [0.15, 0.2) is 94.7 Å². The second-order valence-corrected chi connectivity index (χ2v) is 23.9. The van der Waals surface area contributed by atoms with Crippen molar-refractivity contribution < 1.29 is 56.9 Å². The summed E-state index contributed by atoms with van der Waals surface area (Å²) < 4.78 is 42.9. The Morgan fingerprint density at radius 2 is 1.48 bits per heavy atom. The van der Waals surface area contributed by atoms with Crippen molar-refractivity contribution in [3.05, 3.63) is 124 Å². The molecule has 6 atom stereocenters. The number of aromatic nitrogens is 1. The van der Waals surface area contributed by atoms with E-state index in [2.05, 4.69) is 5.16 Å². The molecule has 15 heteroatoms. The van der Waals surface area contributed by atoms with Gasteiger partial charge in [-0.25, -0.2) is 9.59 Å². The Labute approximate surface area is 368 Å². The van der Waals surface area contributed by atoms with Gasteiger partial charge in [0.05, 0.1) is 17.5 Å². The highest BCUT2D eigenvalue weighted by Gasteiger charge is 2.72. The molecule has 3 aliphatic carbocycles. The number of carbonyl (C=O) groups excluding carboxylic acids is 4. The van der Waals surface area contributed by atoms with Crippen molar-refractivity contribution in [2.75, 3.05) is 14.1 Å². The van der Waals surface area contributed by atoms with Gasteiger partial charge in [0.1, 0.15) is 42.0 Å². The maximum Gasteiger partial charge on any atom is 0.514 e. The van der Waals surface area contributed by atoms with E-state index >= 15 is 9.59 Å². The molecule has 0 radical (unpaired) electrons. The molecule has 0 saturated carbocycles. The van der Waals surface area contributed by atoms with Gasteiger partial charge in [-0.15, -0.1) is 0 Å². The molecule has 1 N–H and O–H groups in total. The van der Waals surface area contributed by atoms with E-state index in [4.69, 9.17) is 32.6 Å². The number of hydrogen-bond acceptors (Lipinski definition) is 14. The highest BCUT2D eigenvalue weighted by Crippen LogP contribution is 2.62. The number of benzene rings is 3. The average Bonchev–Trinajstić information content (AvgIpc) is 3.63. The molecule has 0 aliphatic heterocycles. The summed E-state index contributed by atoms with van der Waals surface area (Å²) in [5.74, 6) is -5.36. The van der Waals surface area contributed by atoms with Crippen LogP contribution in [0.25, 0.3) is 0 Å². The third-order valence-corrected chi connectivity index (χ3v) is 17.0. The van der Waals surface area contributed by atoms with Gasteiger partial charge >= 0.3 is 12.3 Å². The van der Waals surface area contributed by atoms with E-state index in [-0.39, 0.29) is 47.3 Å². The lowest BCUT2D eigenvalue weighted by atomic mass is 9.55. The molecule has 4 aromatic rings. The third kappa shape index (κ3) is 8.29. The fourth-order valence-corrected chi connectivity index (χ4v) is 10.1. The first-order valence-corrected chi connectivity index (χ1v) is 23.9. The van der Waals surface area contributed by atoms with Gasteiger partial charge in [-0.2, -0.15) is 0 Å². The Morgan fingerprint density at radius 1 is 0.857 bits per heavy atom. The van der Waals surface area contributed by atoms with Gasteiger partial charge in [0.25, 0.3) is 5.88 Å².